The topological polar surface area (TPSA) is 104 Å². The van der Waals surface area contributed by atoms with Crippen LogP contribution in [0.1, 0.15) is 42.2 Å². The fourth-order valence-corrected chi connectivity index (χ4v) is 3.83. The summed E-state index contributed by atoms with van der Waals surface area (Å²) in [6.07, 6.45) is 4.79. The van der Waals surface area contributed by atoms with E-state index in [1.807, 2.05) is 0 Å². The van der Waals surface area contributed by atoms with Crippen LogP contribution in [0.15, 0.2) is 31.0 Å². The zero-order valence-corrected chi connectivity index (χ0v) is 15.4. The largest absolute Gasteiger partial charge is 0.401 e. The van der Waals surface area contributed by atoms with Gasteiger partial charge in [-0.1, -0.05) is 0 Å². The molecule has 8 nitrogen and oxygen atoms in total. The van der Waals surface area contributed by atoms with Crippen molar-refractivity contribution < 1.29 is 18.0 Å². The van der Waals surface area contributed by atoms with Gasteiger partial charge in [0.05, 0.1) is 18.8 Å². The van der Waals surface area contributed by atoms with Crippen LogP contribution in [0.25, 0.3) is 16.7 Å². The fraction of sp³-hybridized carbons (Fsp3) is 0.444. The molecule has 1 amide bonds. The molecular formula is C18H20F3N7O. The molecular weight excluding hydrogens is 387 g/mol. The molecule has 0 unspecified atom stereocenters. The third-order valence-corrected chi connectivity index (χ3v) is 5.20. The van der Waals surface area contributed by atoms with E-state index in [2.05, 4.69) is 20.4 Å². The zero-order chi connectivity index (χ0) is 20.6. The lowest BCUT2D eigenvalue weighted by Gasteiger charge is -2.30. The van der Waals surface area contributed by atoms with Crippen molar-refractivity contribution in [3.8, 4) is 5.82 Å². The monoisotopic (exact) mass is 407 g/mol. The number of hydrogen-bond donors (Lipinski definition) is 2. The molecule has 0 saturated heterocycles. The van der Waals surface area contributed by atoms with Crippen molar-refractivity contribution in [1.29, 1.82) is 0 Å². The molecule has 3 aromatic rings. The highest BCUT2D eigenvalue weighted by Crippen LogP contribution is 2.32. The molecule has 0 radical (unpaired) electrons. The maximum atomic E-state index is 12.4. The Hall–Kier alpha value is -2.95. The van der Waals surface area contributed by atoms with Crippen LogP contribution < -0.4 is 11.1 Å². The average Bonchev–Trinajstić information content (AvgIpc) is 3.35. The van der Waals surface area contributed by atoms with E-state index in [-0.39, 0.29) is 17.8 Å². The lowest BCUT2D eigenvalue weighted by atomic mass is 9.91. The first-order valence-electron chi connectivity index (χ1n) is 9.28. The number of rotatable bonds is 5. The first-order valence-corrected chi connectivity index (χ1v) is 9.28. The quantitative estimate of drug-likeness (QED) is 0.676. The lowest BCUT2D eigenvalue weighted by Crippen LogP contribution is -2.39. The number of alkyl halides is 3. The number of hydrogen-bond acceptors (Lipinski definition) is 5. The van der Waals surface area contributed by atoms with Crippen LogP contribution in [0, 0.1) is 0 Å². The first-order chi connectivity index (χ1) is 13.8. The third kappa shape index (κ3) is 4.09. The minimum absolute atomic E-state index is 0.0320. The summed E-state index contributed by atoms with van der Waals surface area (Å²) in [6.45, 7) is -0.986. The van der Waals surface area contributed by atoms with Gasteiger partial charge in [0.25, 0.3) is 5.91 Å². The second-order valence-corrected chi connectivity index (χ2v) is 7.19. The molecule has 3 N–H and O–H groups in total. The SMILES string of the molecule is NC(=O)c1nc(-n2ccnc2)cc2cnn(C3CCC(NCC(F)(F)F)CC3)c12. The zero-order valence-electron chi connectivity index (χ0n) is 15.4. The molecule has 0 aromatic carbocycles. The molecule has 1 saturated carbocycles. The summed E-state index contributed by atoms with van der Waals surface area (Å²) in [6, 6.07) is 1.58. The molecule has 0 spiro atoms. The Balaban J connectivity index is 1.58. The van der Waals surface area contributed by atoms with Crippen molar-refractivity contribution in [1.82, 2.24) is 29.6 Å². The maximum Gasteiger partial charge on any atom is 0.401 e. The summed E-state index contributed by atoms with van der Waals surface area (Å²) < 4.78 is 40.6. The van der Waals surface area contributed by atoms with E-state index in [1.165, 1.54) is 0 Å². The summed E-state index contributed by atoms with van der Waals surface area (Å²) in [7, 11) is 0. The molecule has 0 atom stereocenters. The van der Waals surface area contributed by atoms with Crippen molar-refractivity contribution in [2.45, 2.75) is 43.9 Å². The third-order valence-electron chi connectivity index (χ3n) is 5.20. The lowest BCUT2D eigenvalue weighted by molar-refractivity contribution is -0.126. The van der Waals surface area contributed by atoms with E-state index in [4.69, 9.17) is 5.73 Å². The summed E-state index contributed by atoms with van der Waals surface area (Å²) >= 11 is 0. The number of halogens is 3. The van der Waals surface area contributed by atoms with Crippen LogP contribution in [-0.2, 0) is 0 Å². The highest BCUT2D eigenvalue weighted by molar-refractivity contribution is 6.03. The number of imidazole rings is 1. The van der Waals surface area contributed by atoms with Crippen LogP contribution in [0.4, 0.5) is 13.2 Å². The number of nitrogens with one attached hydrogen (secondary N) is 1. The molecule has 154 valence electrons. The summed E-state index contributed by atoms with van der Waals surface area (Å²) in [5.74, 6) is -0.164. The molecule has 1 fully saturated rings. The van der Waals surface area contributed by atoms with Crippen LogP contribution in [0.5, 0.6) is 0 Å². The maximum absolute atomic E-state index is 12.4. The Labute approximate surface area is 163 Å². The highest BCUT2D eigenvalue weighted by atomic mass is 19.4. The standard InChI is InChI=1S/C18H20F3N7O/c19-18(20,21)9-24-12-1-3-13(4-2-12)28-16-11(8-25-28)7-14(26-15(16)17(22)29)27-6-5-23-10-27/h5-8,10,12-13,24H,1-4,9H2,(H2,22,29). The predicted octanol–water partition coefficient (Wildman–Crippen LogP) is 2.35. The summed E-state index contributed by atoms with van der Waals surface area (Å²) in [4.78, 5) is 20.4. The van der Waals surface area contributed by atoms with Crippen molar-refractivity contribution in [2.75, 3.05) is 6.54 Å². The van der Waals surface area contributed by atoms with E-state index in [1.54, 1.807) is 40.2 Å². The van der Waals surface area contributed by atoms with E-state index in [0.29, 0.717) is 37.0 Å². The van der Waals surface area contributed by atoms with Crippen LogP contribution in [0.3, 0.4) is 0 Å². The fourth-order valence-electron chi connectivity index (χ4n) is 3.83. The molecule has 11 heteroatoms. The van der Waals surface area contributed by atoms with Gasteiger partial charge in [-0.15, -0.1) is 0 Å². The van der Waals surface area contributed by atoms with Gasteiger partial charge in [-0.25, -0.2) is 9.97 Å². The van der Waals surface area contributed by atoms with E-state index >= 15 is 0 Å². The number of carbonyl (C=O) groups excluding carboxylic acids is 1. The number of pyridine rings is 1. The van der Waals surface area contributed by atoms with Crippen molar-refractivity contribution >= 4 is 16.8 Å². The second-order valence-electron chi connectivity index (χ2n) is 7.19. The first kappa shape index (κ1) is 19.4. The Kier molecular flexibility index (Phi) is 4.99. The van der Waals surface area contributed by atoms with Gasteiger partial charge < -0.3 is 11.1 Å². The molecule has 0 bridgehead atoms. The van der Waals surface area contributed by atoms with Crippen molar-refractivity contribution in [3.05, 3.63) is 36.7 Å². The van der Waals surface area contributed by atoms with Gasteiger partial charge in [0.15, 0.2) is 5.69 Å². The van der Waals surface area contributed by atoms with Gasteiger partial charge in [-0.2, -0.15) is 18.3 Å². The number of fused-ring (bicyclic) bond motifs is 1. The number of primary amides is 1. The summed E-state index contributed by atoms with van der Waals surface area (Å²) in [5, 5.41) is 7.72. The molecule has 3 aromatic heterocycles. The highest BCUT2D eigenvalue weighted by Gasteiger charge is 2.31. The Morgan fingerprint density at radius 2 is 2.03 bits per heavy atom. The van der Waals surface area contributed by atoms with E-state index in [0.717, 1.165) is 5.39 Å². The molecule has 4 rings (SSSR count). The van der Waals surface area contributed by atoms with Gasteiger partial charge in [0.2, 0.25) is 0 Å². The van der Waals surface area contributed by atoms with Crippen LogP contribution in [-0.4, -0.2) is 49.0 Å². The Morgan fingerprint density at radius 1 is 1.28 bits per heavy atom. The van der Waals surface area contributed by atoms with E-state index in [9.17, 15) is 18.0 Å². The van der Waals surface area contributed by atoms with Gasteiger partial charge in [0, 0.05) is 23.8 Å². The van der Waals surface area contributed by atoms with Gasteiger partial charge in [-0.05, 0) is 31.7 Å². The number of nitrogens with two attached hydrogens (primary N) is 1. The van der Waals surface area contributed by atoms with Crippen LogP contribution in [0.2, 0.25) is 0 Å². The molecule has 3 heterocycles. The molecule has 1 aliphatic rings. The molecule has 1 aliphatic carbocycles. The molecule has 0 aliphatic heterocycles. The molecule has 29 heavy (non-hydrogen) atoms. The average molecular weight is 407 g/mol. The van der Waals surface area contributed by atoms with Gasteiger partial charge in [0.1, 0.15) is 17.7 Å². The second kappa shape index (κ2) is 7.47. The number of amides is 1. The predicted molar refractivity (Wildman–Crippen MR) is 98.5 cm³/mol. The van der Waals surface area contributed by atoms with Gasteiger partial charge in [-0.3, -0.25) is 14.0 Å². The minimum atomic E-state index is -4.22. The van der Waals surface area contributed by atoms with Crippen LogP contribution >= 0.6 is 0 Å². The minimum Gasteiger partial charge on any atom is -0.364 e. The Morgan fingerprint density at radius 3 is 2.66 bits per heavy atom. The smallest absolute Gasteiger partial charge is 0.364 e. The number of carbonyl (C=O) groups is 1. The Bertz CT molecular complexity index is 1000. The van der Waals surface area contributed by atoms with Gasteiger partial charge >= 0.3 is 6.18 Å². The number of aromatic nitrogens is 5. The van der Waals surface area contributed by atoms with Crippen molar-refractivity contribution in [2.24, 2.45) is 5.73 Å². The number of nitrogens with zero attached hydrogens (tertiary/aromatic N) is 5. The van der Waals surface area contributed by atoms with Crippen molar-refractivity contribution in [3.63, 3.8) is 0 Å². The van der Waals surface area contributed by atoms with E-state index < -0.39 is 18.6 Å². The summed E-state index contributed by atoms with van der Waals surface area (Å²) in [5.41, 5.74) is 6.24. The normalized spacial score (nSPS) is 20.2.